The van der Waals surface area contributed by atoms with Crippen LogP contribution in [0.25, 0.3) is 0 Å². The molecule has 474 valence electrons. The number of nitrogens with one attached hydrogen (secondary N) is 4. The SMILES string of the molecule is C/C=C(\C=N)COCCOCCOCCN1NNC2=C1CCC1C(CNC(=O)C(C)(COC/C(N)=C/N(N)CCOCCOCCOCc3cnc(SCSC)nc3)COCc3cn(CCOCCOCCOCc4cnc(C)nc4)nn3)C1C2. The molecule has 6 rings (SSSR count). The highest BCUT2D eigenvalue weighted by Gasteiger charge is 2.52. The number of fused-ring (bicyclic) bond motifs is 1. The Morgan fingerprint density at radius 3 is 2.04 bits per heavy atom. The Balaban J connectivity index is 0.874. The molecule has 85 heavy (non-hydrogen) atoms. The van der Waals surface area contributed by atoms with Gasteiger partial charge in [-0.05, 0) is 69.6 Å². The zero-order valence-corrected chi connectivity index (χ0v) is 51.6. The van der Waals surface area contributed by atoms with Gasteiger partial charge in [-0.2, -0.15) is 11.8 Å². The maximum absolute atomic E-state index is 14.2. The molecular formula is C56H91N15O12S2. The fourth-order valence-electron chi connectivity index (χ4n) is 9.06. The van der Waals surface area contributed by atoms with E-state index in [1.54, 1.807) is 65.4 Å². The molecular weight excluding hydrogens is 1140 g/mol. The van der Waals surface area contributed by atoms with E-state index in [-0.39, 0.29) is 32.3 Å². The number of carbonyl (C=O) groups excluding carboxylic acids is 1. The summed E-state index contributed by atoms with van der Waals surface area (Å²) < 4.78 is 65.0. The lowest BCUT2D eigenvalue weighted by atomic mass is 9.91. The van der Waals surface area contributed by atoms with Gasteiger partial charge in [-0.25, -0.2) is 30.5 Å². The van der Waals surface area contributed by atoms with Crippen LogP contribution in [0.4, 0.5) is 0 Å². The van der Waals surface area contributed by atoms with E-state index in [4.69, 9.17) is 69.1 Å². The topological polar surface area (TPSA) is 319 Å². The summed E-state index contributed by atoms with van der Waals surface area (Å²) in [5.74, 6) is 8.07. The summed E-state index contributed by atoms with van der Waals surface area (Å²) in [4.78, 5) is 31.3. The molecule has 1 saturated carbocycles. The highest BCUT2D eigenvalue weighted by atomic mass is 32.2. The van der Waals surface area contributed by atoms with Crippen LogP contribution < -0.4 is 27.9 Å². The number of carbonyl (C=O) groups is 1. The number of hydrazine groups is 3. The number of hydrogen-bond donors (Lipinski definition) is 6. The first kappa shape index (κ1) is 69.1. The van der Waals surface area contributed by atoms with Crippen molar-refractivity contribution in [1.29, 1.82) is 5.41 Å². The van der Waals surface area contributed by atoms with Gasteiger partial charge >= 0.3 is 0 Å². The van der Waals surface area contributed by atoms with E-state index in [9.17, 15) is 4.79 Å². The summed E-state index contributed by atoms with van der Waals surface area (Å²) in [6, 6.07) is 0. The molecule has 4 heterocycles. The molecule has 8 N–H and O–H groups in total. The van der Waals surface area contributed by atoms with E-state index in [1.165, 1.54) is 22.6 Å². The molecule has 27 nitrogen and oxygen atoms in total. The van der Waals surface area contributed by atoms with Gasteiger partial charge < -0.3 is 79.0 Å². The largest absolute Gasteiger partial charge is 0.399 e. The van der Waals surface area contributed by atoms with E-state index in [0.29, 0.717) is 174 Å². The summed E-state index contributed by atoms with van der Waals surface area (Å²) in [7, 11) is 0. The van der Waals surface area contributed by atoms with E-state index in [0.717, 1.165) is 52.0 Å². The minimum atomic E-state index is -1.07. The molecule has 3 aliphatic rings. The Bertz CT molecular complexity index is 2450. The van der Waals surface area contributed by atoms with Crippen molar-refractivity contribution < 1.29 is 56.9 Å². The smallest absolute Gasteiger partial charge is 0.230 e. The van der Waals surface area contributed by atoms with Crippen LogP contribution in [0, 0.1) is 35.5 Å². The lowest BCUT2D eigenvalue weighted by Crippen LogP contribution is -2.46. The quantitative estimate of drug-likeness (QED) is 0.00900. The summed E-state index contributed by atoms with van der Waals surface area (Å²) in [6.45, 7) is 15.9. The van der Waals surface area contributed by atoms with Gasteiger partial charge in [0.25, 0.3) is 0 Å². The maximum Gasteiger partial charge on any atom is 0.230 e. The van der Waals surface area contributed by atoms with Crippen molar-refractivity contribution >= 4 is 35.6 Å². The number of nitrogens with two attached hydrogens (primary N) is 2. The van der Waals surface area contributed by atoms with Crippen LogP contribution in [0.1, 0.15) is 55.8 Å². The number of allylic oxidation sites excluding steroid dienone is 3. The first-order valence-electron chi connectivity index (χ1n) is 28.9. The van der Waals surface area contributed by atoms with Gasteiger partial charge in [-0.15, -0.1) is 10.6 Å². The van der Waals surface area contributed by atoms with Crippen molar-refractivity contribution in [2.45, 2.75) is 71.6 Å². The van der Waals surface area contributed by atoms with Gasteiger partial charge in [0.1, 0.15) is 11.5 Å². The molecule has 0 radical (unpaired) electrons. The number of thioether (sulfide) groups is 2. The van der Waals surface area contributed by atoms with Crippen molar-refractivity contribution in [2.24, 2.45) is 34.7 Å². The molecule has 1 amide bonds. The average Bonchev–Trinajstić information content (AvgIpc) is 2.12. The molecule has 3 aromatic heterocycles. The third-order valence-corrected chi connectivity index (χ3v) is 15.7. The molecule has 1 aliphatic heterocycles. The van der Waals surface area contributed by atoms with E-state index in [1.807, 2.05) is 33.1 Å². The third kappa shape index (κ3) is 26.9. The van der Waals surface area contributed by atoms with Crippen LogP contribution >= 0.6 is 23.5 Å². The van der Waals surface area contributed by atoms with Gasteiger partial charge in [-0.3, -0.25) is 9.80 Å². The predicted octanol–water partition coefficient (Wildman–Crippen LogP) is 2.94. The number of hydrogen-bond acceptors (Lipinski definition) is 27. The van der Waals surface area contributed by atoms with Crippen LogP contribution in [-0.2, 0) is 83.3 Å². The van der Waals surface area contributed by atoms with Crippen molar-refractivity contribution in [2.75, 3.05) is 157 Å². The normalized spacial score (nSPS) is 17.6. The molecule has 2 aliphatic carbocycles. The Hall–Kier alpha value is -4.96. The molecule has 0 saturated heterocycles. The standard InChI is InChI=1S/C56H91N15O12S2/c1-5-44(27-57)35-79-23-20-78-19-16-75-13-10-71-53-7-6-49-50(26-52(53)66-68-71)51(49)32-62-54(72)56(3,41-83-39-48-34-70(67-65-48)9-12-74-15-18-77-21-24-80-36-45-28-60-43(2)61-29-45)40-82-38-47(58)33-69(59)8-11-73-14-17-76-22-25-81-37-46-30-63-55(64-31-46)85-42-84-4/h5,27-31,33-34,49-51,57,66,68H,6-26,32,35-42,58-59H2,1-4H3,(H,62,72)/b44-5+,47-33-,57-27?. The van der Waals surface area contributed by atoms with Gasteiger partial charge in [0.15, 0.2) is 5.16 Å². The highest BCUT2D eigenvalue weighted by Crippen LogP contribution is 2.55. The first-order chi connectivity index (χ1) is 41.6. The highest BCUT2D eigenvalue weighted by molar-refractivity contribution is 8.15. The van der Waals surface area contributed by atoms with Gasteiger partial charge in [0, 0.05) is 65.7 Å². The molecule has 0 bridgehead atoms. The zero-order chi connectivity index (χ0) is 60.2. The number of aromatic nitrogens is 7. The third-order valence-electron chi connectivity index (χ3n) is 13.8. The summed E-state index contributed by atoms with van der Waals surface area (Å²) in [6.07, 6.45) is 18.5. The van der Waals surface area contributed by atoms with E-state index >= 15 is 0 Å². The number of aryl methyl sites for hydroxylation is 1. The number of rotatable bonds is 49. The van der Waals surface area contributed by atoms with Crippen LogP contribution in [0.5, 0.6) is 0 Å². The van der Waals surface area contributed by atoms with Crippen molar-refractivity contribution in [3.8, 4) is 0 Å². The molecule has 0 aromatic carbocycles. The monoisotopic (exact) mass is 1230 g/mol. The van der Waals surface area contributed by atoms with Crippen molar-refractivity contribution in [1.82, 2.24) is 61.2 Å². The van der Waals surface area contributed by atoms with Crippen LogP contribution in [0.15, 0.2) is 71.1 Å². The molecule has 29 heteroatoms. The molecule has 4 atom stereocenters. The van der Waals surface area contributed by atoms with Crippen LogP contribution in [0.3, 0.4) is 0 Å². The number of amides is 1. The fraction of sp³-hybridized carbons (Fsp3) is 0.679. The van der Waals surface area contributed by atoms with Crippen molar-refractivity contribution in [3.05, 3.63) is 88.6 Å². The first-order valence-corrected chi connectivity index (χ1v) is 31.3. The Morgan fingerprint density at radius 2 is 1.39 bits per heavy atom. The lowest BCUT2D eigenvalue weighted by Gasteiger charge is -2.28. The van der Waals surface area contributed by atoms with Gasteiger partial charge in [-0.1, -0.05) is 23.1 Å². The summed E-state index contributed by atoms with van der Waals surface area (Å²) in [5.41, 5.74) is 18.1. The number of nitrogens with zero attached hydrogens (tertiary/aromatic N) is 9. The Kier molecular flexibility index (Phi) is 32.9. The second-order valence-corrected chi connectivity index (χ2v) is 22.8. The molecule has 3 aromatic rings. The molecule has 1 fully saturated rings. The molecule has 4 unspecified atom stereocenters. The number of ether oxygens (including phenoxy) is 11. The van der Waals surface area contributed by atoms with Gasteiger partial charge in [0.2, 0.25) is 5.91 Å². The van der Waals surface area contributed by atoms with Crippen LogP contribution in [-0.4, -0.2) is 214 Å². The second-order valence-electron chi connectivity index (χ2n) is 20.6. The maximum atomic E-state index is 14.2. The Labute approximate surface area is 508 Å². The fourth-order valence-corrected chi connectivity index (χ4v) is 10.2. The Morgan fingerprint density at radius 1 is 0.788 bits per heavy atom. The lowest BCUT2D eigenvalue weighted by molar-refractivity contribution is -0.138. The zero-order valence-electron chi connectivity index (χ0n) is 50.0. The summed E-state index contributed by atoms with van der Waals surface area (Å²) in [5, 5.41) is 24.4. The average molecular weight is 1230 g/mol. The van der Waals surface area contributed by atoms with Crippen molar-refractivity contribution in [3.63, 3.8) is 0 Å². The summed E-state index contributed by atoms with van der Waals surface area (Å²) >= 11 is 3.34. The van der Waals surface area contributed by atoms with Gasteiger partial charge in [0.05, 0.1) is 188 Å². The van der Waals surface area contributed by atoms with E-state index < -0.39 is 5.41 Å². The van der Waals surface area contributed by atoms with E-state index in [2.05, 4.69) is 51.5 Å². The second kappa shape index (κ2) is 40.5. The minimum Gasteiger partial charge on any atom is -0.399 e. The minimum absolute atomic E-state index is 0.0323. The van der Waals surface area contributed by atoms with Crippen LogP contribution in [0.2, 0.25) is 0 Å². The molecule has 0 spiro atoms. The predicted molar refractivity (Wildman–Crippen MR) is 320 cm³/mol.